The van der Waals surface area contributed by atoms with E-state index in [1.807, 2.05) is 0 Å². The highest BCUT2D eigenvalue weighted by molar-refractivity contribution is 5.66. The summed E-state index contributed by atoms with van der Waals surface area (Å²) in [6.07, 6.45) is 3.28. The number of benzene rings is 1. The summed E-state index contributed by atoms with van der Waals surface area (Å²) in [6.45, 7) is 4.29. The van der Waals surface area contributed by atoms with Crippen LogP contribution < -0.4 is 4.90 Å². The Morgan fingerprint density at radius 2 is 1.79 bits per heavy atom. The summed E-state index contributed by atoms with van der Waals surface area (Å²) in [5.74, 6) is 0. The van der Waals surface area contributed by atoms with E-state index in [4.69, 9.17) is 0 Å². The molecule has 1 heteroatoms. The second-order valence-electron chi connectivity index (χ2n) is 3.61. The highest BCUT2D eigenvalue weighted by atomic mass is 15.1. The van der Waals surface area contributed by atoms with Crippen LogP contribution in [0.1, 0.15) is 25.8 Å². The zero-order valence-corrected chi connectivity index (χ0v) is 9.54. The third kappa shape index (κ3) is 2.38. The first-order valence-electron chi connectivity index (χ1n) is 5.12. The van der Waals surface area contributed by atoms with Gasteiger partial charge in [0.1, 0.15) is 0 Å². The Hall–Kier alpha value is -1.24. The van der Waals surface area contributed by atoms with Crippen molar-refractivity contribution in [2.45, 2.75) is 20.3 Å². The van der Waals surface area contributed by atoms with Crippen molar-refractivity contribution in [1.82, 2.24) is 0 Å². The first-order chi connectivity index (χ1) is 6.69. The van der Waals surface area contributed by atoms with Gasteiger partial charge in [-0.2, -0.15) is 0 Å². The topological polar surface area (TPSA) is 3.24 Å². The van der Waals surface area contributed by atoms with Crippen LogP contribution in [0.2, 0.25) is 0 Å². The average Bonchev–Trinajstić information content (AvgIpc) is 2.20. The quantitative estimate of drug-likeness (QED) is 0.702. The number of hydrogen-bond donors (Lipinski definition) is 0. The molecule has 14 heavy (non-hydrogen) atoms. The standard InChI is InChI=1S/C13H19N/c1-5-11(6-2)12-7-9-13(10-8-12)14(3)4/h5,7-10H,6H2,1-4H3/b11-5-. The van der Waals surface area contributed by atoms with Crippen LogP contribution in [-0.4, -0.2) is 14.1 Å². The van der Waals surface area contributed by atoms with Gasteiger partial charge in [-0.3, -0.25) is 0 Å². The minimum Gasteiger partial charge on any atom is -0.378 e. The number of allylic oxidation sites excluding steroid dienone is 2. The molecule has 1 aromatic rings. The fraction of sp³-hybridized carbons (Fsp3) is 0.385. The first kappa shape index (κ1) is 10.8. The third-order valence-corrected chi connectivity index (χ3v) is 2.48. The molecule has 0 radical (unpaired) electrons. The minimum atomic E-state index is 1.10. The van der Waals surface area contributed by atoms with Gasteiger partial charge in [-0.05, 0) is 36.6 Å². The van der Waals surface area contributed by atoms with Gasteiger partial charge in [-0.15, -0.1) is 0 Å². The van der Waals surface area contributed by atoms with Crippen molar-refractivity contribution >= 4 is 11.3 Å². The number of anilines is 1. The molecule has 0 bridgehead atoms. The molecule has 1 nitrogen and oxygen atoms in total. The monoisotopic (exact) mass is 189 g/mol. The molecule has 0 saturated heterocycles. The molecule has 0 N–H and O–H groups in total. The molecule has 0 aliphatic carbocycles. The van der Waals surface area contributed by atoms with Gasteiger partial charge in [0.15, 0.2) is 0 Å². The van der Waals surface area contributed by atoms with Crippen molar-refractivity contribution in [3.05, 3.63) is 35.9 Å². The van der Waals surface area contributed by atoms with E-state index in [-0.39, 0.29) is 0 Å². The summed E-state index contributed by atoms with van der Waals surface area (Å²) < 4.78 is 0. The summed E-state index contributed by atoms with van der Waals surface area (Å²) in [5, 5.41) is 0. The molecule has 0 fully saturated rings. The van der Waals surface area contributed by atoms with Crippen molar-refractivity contribution in [3.63, 3.8) is 0 Å². The van der Waals surface area contributed by atoms with Crippen molar-refractivity contribution in [1.29, 1.82) is 0 Å². The molecule has 0 spiro atoms. The largest absolute Gasteiger partial charge is 0.378 e. The predicted molar refractivity (Wildman–Crippen MR) is 64.7 cm³/mol. The Morgan fingerprint density at radius 3 is 2.14 bits per heavy atom. The highest BCUT2D eigenvalue weighted by Gasteiger charge is 1.98. The minimum absolute atomic E-state index is 1.10. The predicted octanol–water partition coefficient (Wildman–Crippen LogP) is 3.57. The van der Waals surface area contributed by atoms with Gasteiger partial charge in [0.2, 0.25) is 0 Å². The third-order valence-electron chi connectivity index (χ3n) is 2.48. The van der Waals surface area contributed by atoms with Crippen LogP contribution in [0.5, 0.6) is 0 Å². The van der Waals surface area contributed by atoms with E-state index < -0.39 is 0 Å². The fourth-order valence-electron chi connectivity index (χ4n) is 1.55. The average molecular weight is 189 g/mol. The van der Waals surface area contributed by atoms with Crippen LogP contribution in [-0.2, 0) is 0 Å². The summed E-state index contributed by atoms with van der Waals surface area (Å²) in [5.41, 5.74) is 4.00. The maximum absolute atomic E-state index is 2.19. The molecule has 0 aromatic heterocycles. The highest BCUT2D eigenvalue weighted by Crippen LogP contribution is 2.20. The van der Waals surface area contributed by atoms with Crippen LogP contribution in [0.25, 0.3) is 5.57 Å². The van der Waals surface area contributed by atoms with E-state index in [1.54, 1.807) is 0 Å². The zero-order valence-electron chi connectivity index (χ0n) is 9.54. The second kappa shape index (κ2) is 4.85. The van der Waals surface area contributed by atoms with Crippen LogP contribution in [0.15, 0.2) is 30.3 Å². The van der Waals surface area contributed by atoms with E-state index >= 15 is 0 Å². The van der Waals surface area contributed by atoms with E-state index in [0.29, 0.717) is 0 Å². The normalized spacial score (nSPS) is 11.6. The van der Waals surface area contributed by atoms with Gasteiger partial charge in [-0.1, -0.05) is 25.1 Å². The molecular weight excluding hydrogens is 170 g/mol. The van der Waals surface area contributed by atoms with Crippen molar-refractivity contribution in [3.8, 4) is 0 Å². The molecule has 0 aliphatic heterocycles. The van der Waals surface area contributed by atoms with Gasteiger partial charge in [0.25, 0.3) is 0 Å². The number of nitrogens with zero attached hydrogens (tertiary/aromatic N) is 1. The molecule has 1 rings (SSSR count). The van der Waals surface area contributed by atoms with Gasteiger partial charge in [0.05, 0.1) is 0 Å². The van der Waals surface area contributed by atoms with Crippen LogP contribution in [0.4, 0.5) is 5.69 Å². The Bertz CT molecular complexity index is 307. The molecular formula is C13H19N. The fourth-order valence-corrected chi connectivity index (χ4v) is 1.55. The van der Waals surface area contributed by atoms with Gasteiger partial charge in [-0.25, -0.2) is 0 Å². The lowest BCUT2D eigenvalue weighted by molar-refractivity contribution is 1.13. The Labute approximate surface area is 87.1 Å². The molecule has 0 heterocycles. The molecule has 76 valence electrons. The van der Waals surface area contributed by atoms with Gasteiger partial charge >= 0.3 is 0 Å². The van der Waals surface area contributed by atoms with Crippen LogP contribution >= 0.6 is 0 Å². The lowest BCUT2D eigenvalue weighted by Gasteiger charge is -2.13. The summed E-state index contributed by atoms with van der Waals surface area (Å²) >= 11 is 0. The van der Waals surface area contributed by atoms with Crippen molar-refractivity contribution in [2.24, 2.45) is 0 Å². The molecule has 0 saturated carbocycles. The maximum Gasteiger partial charge on any atom is 0.0361 e. The van der Waals surface area contributed by atoms with Gasteiger partial charge < -0.3 is 4.90 Å². The number of hydrogen-bond acceptors (Lipinski definition) is 1. The maximum atomic E-state index is 2.19. The smallest absolute Gasteiger partial charge is 0.0361 e. The molecule has 0 unspecified atom stereocenters. The van der Waals surface area contributed by atoms with E-state index in [1.165, 1.54) is 16.8 Å². The van der Waals surface area contributed by atoms with E-state index in [9.17, 15) is 0 Å². The molecule has 0 atom stereocenters. The van der Waals surface area contributed by atoms with Crippen molar-refractivity contribution in [2.75, 3.05) is 19.0 Å². The summed E-state index contributed by atoms with van der Waals surface area (Å²) in [4.78, 5) is 2.12. The zero-order chi connectivity index (χ0) is 10.6. The molecule has 1 aromatic carbocycles. The first-order valence-corrected chi connectivity index (χ1v) is 5.12. The SMILES string of the molecule is C/C=C(/CC)c1ccc(N(C)C)cc1. The van der Waals surface area contributed by atoms with E-state index in [0.717, 1.165) is 6.42 Å². The Kier molecular flexibility index (Phi) is 3.75. The Balaban J connectivity index is 2.93. The molecule has 0 aliphatic rings. The van der Waals surface area contributed by atoms with Crippen molar-refractivity contribution < 1.29 is 0 Å². The molecule has 0 amide bonds. The van der Waals surface area contributed by atoms with E-state index in [2.05, 4.69) is 63.2 Å². The summed E-state index contributed by atoms with van der Waals surface area (Å²) in [6, 6.07) is 8.70. The summed E-state index contributed by atoms with van der Waals surface area (Å²) in [7, 11) is 4.12. The van der Waals surface area contributed by atoms with Gasteiger partial charge in [0, 0.05) is 19.8 Å². The van der Waals surface area contributed by atoms with Crippen LogP contribution in [0.3, 0.4) is 0 Å². The Morgan fingerprint density at radius 1 is 1.21 bits per heavy atom. The number of rotatable bonds is 3. The lowest BCUT2D eigenvalue weighted by atomic mass is 10.0. The lowest BCUT2D eigenvalue weighted by Crippen LogP contribution is -2.08. The second-order valence-corrected chi connectivity index (χ2v) is 3.61. The van der Waals surface area contributed by atoms with Crippen LogP contribution in [0, 0.1) is 0 Å².